The average molecular weight is 233 g/mol. The number of carbonyl (C=O) groups excluding carboxylic acids is 1. The van der Waals surface area contributed by atoms with Gasteiger partial charge in [0.1, 0.15) is 0 Å². The molecule has 0 bridgehead atoms. The highest BCUT2D eigenvalue weighted by Gasteiger charge is 2.33. The van der Waals surface area contributed by atoms with Crippen LogP contribution in [-0.4, -0.2) is 19.5 Å². The van der Waals surface area contributed by atoms with Crippen LogP contribution in [0.1, 0.15) is 23.7 Å². The van der Waals surface area contributed by atoms with Gasteiger partial charge in [-0.1, -0.05) is 6.92 Å². The SMILES string of the molecule is CC1CC1CN(C)c1cc(N)ccc1C(N)=O. The average Bonchev–Trinajstić information content (AvgIpc) is 2.93. The van der Waals surface area contributed by atoms with E-state index >= 15 is 0 Å². The molecule has 4 heteroatoms. The van der Waals surface area contributed by atoms with Crippen molar-refractivity contribution in [3.05, 3.63) is 23.8 Å². The van der Waals surface area contributed by atoms with Crippen LogP contribution in [0.25, 0.3) is 0 Å². The van der Waals surface area contributed by atoms with Crippen molar-refractivity contribution in [3.63, 3.8) is 0 Å². The molecule has 0 radical (unpaired) electrons. The van der Waals surface area contributed by atoms with Crippen molar-refractivity contribution in [2.24, 2.45) is 17.6 Å². The summed E-state index contributed by atoms with van der Waals surface area (Å²) in [6.07, 6.45) is 1.26. The third-order valence-corrected chi connectivity index (χ3v) is 3.48. The Morgan fingerprint density at radius 3 is 2.71 bits per heavy atom. The van der Waals surface area contributed by atoms with Gasteiger partial charge in [0.2, 0.25) is 0 Å². The first-order valence-corrected chi connectivity index (χ1v) is 5.89. The Kier molecular flexibility index (Phi) is 2.96. The molecule has 1 aromatic rings. The molecular formula is C13H19N3O. The predicted octanol–water partition coefficient (Wildman–Crippen LogP) is 1.46. The van der Waals surface area contributed by atoms with E-state index in [0.717, 1.165) is 24.1 Å². The highest BCUT2D eigenvalue weighted by Crippen LogP contribution is 2.39. The summed E-state index contributed by atoms with van der Waals surface area (Å²) in [6.45, 7) is 3.19. The second-order valence-corrected chi connectivity index (χ2v) is 4.99. The van der Waals surface area contributed by atoms with Crippen LogP contribution in [-0.2, 0) is 0 Å². The number of nitrogens with zero attached hydrogens (tertiary/aromatic N) is 1. The number of carbonyl (C=O) groups is 1. The van der Waals surface area contributed by atoms with E-state index in [2.05, 4.69) is 11.8 Å². The molecule has 4 nitrogen and oxygen atoms in total. The molecule has 17 heavy (non-hydrogen) atoms. The molecule has 0 saturated heterocycles. The zero-order valence-electron chi connectivity index (χ0n) is 10.3. The van der Waals surface area contributed by atoms with Gasteiger partial charge in [-0.2, -0.15) is 0 Å². The first-order valence-electron chi connectivity index (χ1n) is 5.89. The van der Waals surface area contributed by atoms with Crippen molar-refractivity contribution >= 4 is 17.3 Å². The van der Waals surface area contributed by atoms with Gasteiger partial charge in [-0.3, -0.25) is 4.79 Å². The second kappa shape index (κ2) is 4.28. The molecule has 0 aliphatic heterocycles. The maximum Gasteiger partial charge on any atom is 0.250 e. The summed E-state index contributed by atoms with van der Waals surface area (Å²) in [5.74, 6) is 1.10. The minimum Gasteiger partial charge on any atom is -0.399 e. The maximum atomic E-state index is 11.4. The minimum atomic E-state index is -0.407. The third-order valence-electron chi connectivity index (χ3n) is 3.48. The Bertz CT molecular complexity index is 444. The standard InChI is InChI=1S/C13H19N3O/c1-8-5-9(8)7-16(2)12-6-10(14)3-4-11(12)13(15)17/h3-4,6,8-9H,5,7,14H2,1-2H3,(H2,15,17). The highest BCUT2D eigenvalue weighted by molar-refractivity contribution is 5.99. The predicted molar refractivity (Wildman–Crippen MR) is 69.9 cm³/mol. The van der Waals surface area contributed by atoms with E-state index in [-0.39, 0.29) is 0 Å². The number of rotatable bonds is 4. The lowest BCUT2D eigenvalue weighted by Gasteiger charge is -2.22. The summed E-state index contributed by atoms with van der Waals surface area (Å²) in [5.41, 5.74) is 13.2. The van der Waals surface area contributed by atoms with Crippen molar-refractivity contribution in [2.75, 3.05) is 24.2 Å². The molecule has 0 aromatic heterocycles. The number of anilines is 2. The van der Waals surface area contributed by atoms with Gasteiger partial charge in [-0.05, 0) is 36.5 Å². The zero-order valence-corrected chi connectivity index (χ0v) is 10.3. The van der Waals surface area contributed by atoms with Crippen molar-refractivity contribution in [3.8, 4) is 0 Å². The number of nitrogens with two attached hydrogens (primary N) is 2. The zero-order chi connectivity index (χ0) is 12.6. The van der Waals surface area contributed by atoms with Gasteiger partial charge in [0.05, 0.1) is 11.3 Å². The van der Waals surface area contributed by atoms with Gasteiger partial charge in [-0.15, -0.1) is 0 Å². The van der Waals surface area contributed by atoms with Crippen LogP contribution < -0.4 is 16.4 Å². The molecule has 92 valence electrons. The number of hydrogen-bond acceptors (Lipinski definition) is 3. The summed E-state index contributed by atoms with van der Waals surface area (Å²) < 4.78 is 0. The molecule has 1 saturated carbocycles. The lowest BCUT2D eigenvalue weighted by atomic mass is 10.1. The molecule has 1 fully saturated rings. The Balaban J connectivity index is 2.22. The topological polar surface area (TPSA) is 72.3 Å². The van der Waals surface area contributed by atoms with E-state index in [0.29, 0.717) is 11.3 Å². The Hall–Kier alpha value is -1.71. The first kappa shape index (κ1) is 11.8. The van der Waals surface area contributed by atoms with Crippen molar-refractivity contribution < 1.29 is 4.79 Å². The van der Waals surface area contributed by atoms with Gasteiger partial charge in [0.25, 0.3) is 5.91 Å². The fourth-order valence-corrected chi connectivity index (χ4v) is 2.18. The van der Waals surface area contributed by atoms with E-state index in [1.54, 1.807) is 12.1 Å². The fraction of sp³-hybridized carbons (Fsp3) is 0.462. The maximum absolute atomic E-state index is 11.4. The molecule has 2 rings (SSSR count). The van der Waals surface area contributed by atoms with E-state index in [1.807, 2.05) is 13.1 Å². The van der Waals surface area contributed by atoms with Gasteiger partial charge in [-0.25, -0.2) is 0 Å². The largest absolute Gasteiger partial charge is 0.399 e. The monoisotopic (exact) mass is 233 g/mol. The molecule has 0 heterocycles. The lowest BCUT2D eigenvalue weighted by molar-refractivity contribution is 0.100. The summed E-state index contributed by atoms with van der Waals surface area (Å²) in [6, 6.07) is 5.21. The smallest absolute Gasteiger partial charge is 0.250 e. The van der Waals surface area contributed by atoms with E-state index in [4.69, 9.17) is 11.5 Å². The van der Waals surface area contributed by atoms with E-state index in [1.165, 1.54) is 6.42 Å². The van der Waals surface area contributed by atoms with Crippen molar-refractivity contribution in [1.29, 1.82) is 0 Å². The Morgan fingerprint density at radius 2 is 2.18 bits per heavy atom. The summed E-state index contributed by atoms with van der Waals surface area (Å²) in [4.78, 5) is 13.4. The highest BCUT2D eigenvalue weighted by atomic mass is 16.1. The van der Waals surface area contributed by atoms with Gasteiger partial charge < -0.3 is 16.4 Å². The van der Waals surface area contributed by atoms with Crippen LogP contribution in [0.15, 0.2) is 18.2 Å². The van der Waals surface area contributed by atoms with Gasteiger partial charge in [0, 0.05) is 19.3 Å². The number of primary amides is 1. The van der Waals surface area contributed by atoms with Gasteiger partial charge >= 0.3 is 0 Å². The van der Waals surface area contributed by atoms with Crippen LogP contribution in [0.3, 0.4) is 0 Å². The number of hydrogen-bond donors (Lipinski definition) is 2. The normalized spacial score (nSPS) is 22.2. The first-order chi connectivity index (χ1) is 7.99. The molecule has 1 aromatic carbocycles. The molecule has 2 atom stereocenters. The molecule has 4 N–H and O–H groups in total. The molecule has 2 unspecified atom stereocenters. The minimum absolute atomic E-state index is 0.407. The summed E-state index contributed by atoms with van der Waals surface area (Å²) in [5, 5.41) is 0. The van der Waals surface area contributed by atoms with Crippen LogP contribution in [0.4, 0.5) is 11.4 Å². The van der Waals surface area contributed by atoms with Crippen LogP contribution in [0.2, 0.25) is 0 Å². The molecule has 0 spiro atoms. The molecule has 1 amide bonds. The van der Waals surface area contributed by atoms with E-state index < -0.39 is 5.91 Å². The summed E-state index contributed by atoms with van der Waals surface area (Å²) >= 11 is 0. The quantitative estimate of drug-likeness (QED) is 0.773. The molecule has 1 aliphatic rings. The van der Waals surface area contributed by atoms with Crippen LogP contribution in [0, 0.1) is 11.8 Å². The van der Waals surface area contributed by atoms with E-state index in [9.17, 15) is 4.79 Å². The molecular weight excluding hydrogens is 214 g/mol. The molecule has 1 aliphatic carbocycles. The van der Waals surface area contributed by atoms with Gasteiger partial charge in [0.15, 0.2) is 0 Å². The second-order valence-electron chi connectivity index (χ2n) is 4.99. The third kappa shape index (κ3) is 2.52. The number of benzene rings is 1. The summed E-state index contributed by atoms with van der Waals surface area (Å²) in [7, 11) is 1.98. The Morgan fingerprint density at radius 1 is 1.53 bits per heavy atom. The lowest BCUT2D eigenvalue weighted by Crippen LogP contribution is -2.24. The fourth-order valence-electron chi connectivity index (χ4n) is 2.18. The number of nitrogen functional groups attached to an aromatic ring is 1. The Labute approximate surface area is 102 Å². The van der Waals surface area contributed by atoms with Crippen molar-refractivity contribution in [2.45, 2.75) is 13.3 Å². The van der Waals surface area contributed by atoms with Crippen molar-refractivity contribution in [1.82, 2.24) is 0 Å². The number of amides is 1. The van der Waals surface area contributed by atoms with Crippen LogP contribution in [0.5, 0.6) is 0 Å². The van der Waals surface area contributed by atoms with Crippen LogP contribution >= 0.6 is 0 Å².